The van der Waals surface area contributed by atoms with E-state index in [2.05, 4.69) is 35.8 Å². The molecule has 1 aliphatic heterocycles. The molecule has 0 radical (unpaired) electrons. The molecule has 1 aliphatic rings. The van der Waals surface area contributed by atoms with Gasteiger partial charge in [-0.25, -0.2) is 0 Å². The normalized spacial score (nSPS) is 14.1. The smallest absolute Gasteiger partial charge is 0.175 e. The van der Waals surface area contributed by atoms with Crippen LogP contribution in [0.4, 0.5) is 0 Å². The van der Waals surface area contributed by atoms with Gasteiger partial charge in [0.05, 0.1) is 4.47 Å². The number of aliphatic hydroxyl groups excluding tert-OH is 1. The summed E-state index contributed by atoms with van der Waals surface area (Å²) in [5.41, 5.74) is 2.49. The fraction of sp³-hybridized carbons (Fsp3) is 0.571. The summed E-state index contributed by atoms with van der Waals surface area (Å²) in [5, 5.41) is 9.00. The van der Waals surface area contributed by atoms with Gasteiger partial charge in [0.15, 0.2) is 11.5 Å². The summed E-state index contributed by atoms with van der Waals surface area (Å²) in [4.78, 5) is 0. The van der Waals surface area contributed by atoms with Crippen molar-refractivity contribution < 1.29 is 14.6 Å². The highest BCUT2D eigenvalue weighted by Crippen LogP contribution is 2.44. The fourth-order valence-corrected chi connectivity index (χ4v) is 3.33. The summed E-state index contributed by atoms with van der Waals surface area (Å²) in [7, 11) is 0. The molecule has 1 aromatic rings. The van der Waals surface area contributed by atoms with Gasteiger partial charge < -0.3 is 14.6 Å². The maximum Gasteiger partial charge on any atom is 0.175 e. The third-order valence-corrected chi connectivity index (χ3v) is 3.87. The highest BCUT2D eigenvalue weighted by atomic mass is 79.9. The van der Waals surface area contributed by atoms with Crippen LogP contribution in [0.3, 0.4) is 0 Å². The Morgan fingerprint density at radius 2 is 2.06 bits per heavy atom. The van der Waals surface area contributed by atoms with Gasteiger partial charge in [-0.1, -0.05) is 13.8 Å². The summed E-state index contributed by atoms with van der Waals surface area (Å²) >= 11 is 3.64. The molecule has 100 valence electrons. The first kappa shape index (κ1) is 13.7. The van der Waals surface area contributed by atoms with E-state index in [1.54, 1.807) is 0 Å². The first-order valence-electron chi connectivity index (χ1n) is 6.37. The Morgan fingerprint density at radius 1 is 1.33 bits per heavy atom. The molecule has 18 heavy (non-hydrogen) atoms. The van der Waals surface area contributed by atoms with Crippen LogP contribution < -0.4 is 9.47 Å². The quantitative estimate of drug-likeness (QED) is 0.927. The average Bonchev–Trinajstić information content (AvgIpc) is 2.36. The molecule has 0 amide bonds. The van der Waals surface area contributed by atoms with Gasteiger partial charge in [-0.2, -0.15) is 0 Å². The molecule has 4 heteroatoms. The molecule has 1 aromatic carbocycles. The van der Waals surface area contributed by atoms with Crippen molar-refractivity contribution in [3.05, 3.63) is 21.7 Å². The van der Waals surface area contributed by atoms with Gasteiger partial charge in [-0.15, -0.1) is 0 Å². The zero-order valence-corrected chi connectivity index (χ0v) is 12.4. The summed E-state index contributed by atoms with van der Waals surface area (Å²) in [6.07, 6.45) is 1.63. The van der Waals surface area contributed by atoms with E-state index in [0.29, 0.717) is 19.1 Å². The number of ether oxygens (including phenoxy) is 2. The van der Waals surface area contributed by atoms with E-state index in [9.17, 15) is 0 Å². The van der Waals surface area contributed by atoms with Crippen LogP contribution in [-0.2, 0) is 6.42 Å². The Hall–Kier alpha value is -0.740. The van der Waals surface area contributed by atoms with E-state index in [4.69, 9.17) is 14.6 Å². The molecule has 1 heterocycles. The van der Waals surface area contributed by atoms with Crippen LogP contribution in [0, 0.1) is 0 Å². The Labute approximate surface area is 116 Å². The molecule has 1 N–H and O–H groups in total. The highest BCUT2D eigenvalue weighted by Gasteiger charge is 2.22. The Morgan fingerprint density at radius 3 is 2.72 bits per heavy atom. The summed E-state index contributed by atoms with van der Waals surface area (Å²) in [5.74, 6) is 2.03. The van der Waals surface area contributed by atoms with Crippen molar-refractivity contribution in [2.75, 3.05) is 19.8 Å². The van der Waals surface area contributed by atoms with Gasteiger partial charge in [0.2, 0.25) is 0 Å². The van der Waals surface area contributed by atoms with E-state index in [1.807, 2.05) is 0 Å². The molecule has 2 rings (SSSR count). The lowest BCUT2D eigenvalue weighted by molar-refractivity contribution is 0.170. The highest BCUT2D eigenvalue weighted by molar-refractivity contribution is 9.10. The number of rotatable bonds is 4. The van der Waals surface area contributed by atoms with Crippen LogP contribution in [0.25, 0.3) is 0 Å². The van der Waals surface area contributed by atoms with Crippen LogP contribution in [0.15, 0.2) is 10.5 Å². The molecule has 0 aromatic heterocycles. The molecule has 0 saturated carbocycles. The minimum absolute atomic E-state index is 0.212. The van der Waals surface area contributed by atoms with Gasteiger partial charge >= 0.3 is 0 Å². The second-order valence-electron chi connectivity index (χ2n) is 4.77. The second kappa shape index (κ2) is 5.93. The second-order valence-corrected chi connectivity index (χ2v) is 5.56. The lowest BCUT2D eigenvalue weighted by atomic mass is 9.93. The average molecular weight is 315 g/mol. The number of aliphatic hydroxyl groups is 1. The largest absolute Gasteiger partial charge is 0.486 e. The summed E-state index contributed by atoms with van der Waals surface area (Å²) in [6, 6.07) is 2.06. The first-order valence-corrected chi connectivity index (χ1v) is 7.16. The molecule has 0 unspecified atom stereocenters. The molecule has 0 saturated heterocycles. The van der Waals surface area contributed by atoms with Crippen LogP contribution in [0.5, 0.6) is 11.5 Å². The zero-order chi connectivity index (χ0) is 13.1. The third-order valence-electron chi connectivity index (χ3n) is 3.08. The number of benzene rings is 1. The minimum atomic E-state index is 0.212. The van der Waals surface area contributed by atoms with Crippen molar-refractivity contribution in [1.29, 1.82) is 0 Å². The first-order chi connectivity index (χ1) is 8.65. The molecule has 0 aliphatic carbocycles. The minimum Gasteiger partial charge on any atom is -0.486 e. The summed E-state index contributed by atoms with van der Waals surface area (Å²) in [6.45, 7) is 5.74. The summed E-state index contributed by atoms with van der Waals surface area (Å²) < 4.78 is 12.3. The van der Waals surface area contributed by atoms with E-state index >= 15 is 0 Å². The van der Waals surface area contributed by atoms with Gasteiger partial charge in [-0.3, -0.25) is 0 Å². The van der Waals surface area contributed by atoms with Crippen LogP contribution in [0.1, 0.15) is 37.3 Å². The molecule has 3 nitrogen and oxygen atoms in total. The van der Waals surface area contributed by atoms with Crippen molar-refractivity contribution in [2.45, 2.75) is 32.6 Å². The van der Waals surface area contributed by atoms with Crippen LogP contribution >= 0.6 is 15.9 Å². The lowest BCUT2D eigenvalue weighted by Crippen LogP contribution is -2.17. The van der Waals surface area contributed by atoms with Crippen molar-refractivity contribution in [3.63, 3.8) is 0 Å². The molecule has 0 atom stereocenters. The molecule has 0 spiro atoms. The van der Waals surface area contributed by atoms with Crippen molar-refractivity contribution in [2.24, 2.45) is 0 Å². The standard InChI is InChI=1S/C14H19BrO3/c1-9(2)12-10(4-3-5-16)8-11-14(13(12)15)18-7-6-17-11/h8-9,16H,3-7H2,1-2H3. The van der Waals surface area contributed by atoms with Gasteiger partial charge in [-0.05, 0) is 51.9 Å². The van der Waals surface area contributed by atoms with Crippen molar-refractivity contribution in [1.82, 2.24) is 0 Å². The number of aryl methyl sites for hydroxylation is 1. The van der Waals surface area contributed by atoms with Crippen molar-refractivity contribution >= 4 is 15.9 Å². The van der Waals surface area contributed by atoms with Crippen molar-refractivity contribution in [3.8, 4) is 11.5 Å². The number of hydrogen-bond acceptors (Lipinski definition) is 3. The Kier molecular flexibility index (Phi) is 4.51. The van der Waals surface area contributed by atoms with E-state index in [1.165, 1.54) is 11.1 Å². The molecular formula is C14H19BrO3. The van der Waals surface area contributed by atoms with Gasteiger partial charge in [0.25, 0.3) is 0 Å². The fourth-order valence-electron chi connectivity index (χ4n) is 2.31. The predicted octanol–water partition coefficient (Wildman–Crippen LogP) is 3.27. The van der Waals surface area contributed by atoms with Gasteiger partial charge in [0.1, 0.15) is 13.2 Å². The van der Waals surface area contributed by atoms with E-state index < -0.39 is 0 Å². The number of halogens is 1. The molecule has 0 bridgehead atoms. The number of hydrogen-bond donors (Lipinski definition) is 1. The maximum absolute atomic E-state index is 9.00. The topological polar surface area (TPSA) is 38.7 Å². The van der Waals surface area contributed by atoms with Gasteiger partial charge in [0, 0.05) is 6.61 Å². The maximum atomic E-state index is 9.00. The molecule has 0 fully saturated rings. The lowest BCUT2D eigenvalue weighted by Gasteiger charge is -2.24. The van der Waals surface area contributed by atoms with E-state index in [-0.39, 0.29) is 6.61 Å². The van der Waals surface area contributed by atoms with Crippen LogP contribution in [-0.4, -0.2) is 24.9 Å². The predicted molar refractivity (Wildman–Crippen MR) is 74.6 cm³/mol. The Bertz CT molecular complexity index is 430. The monoisotopic (exact) mass is 314 g/mol. The third kappa shape index (κ3) is 2.64. The molecular weight excluding hydrogens is 296 g/mol. The number of fused-ring (bicyclic) bond motifs is 1. The van der Waals surface area contributed by atoms with Crippen LogP contribution in [0.2, 0.25) is 0 Å². The Balaban J connectivity index is 2.46. The zero-order valence-electron chi connectivity index (χ0n) is 10.8. The SMILES string of the molecule is CC(C)c1c(CCCO)cc2c(c1Br)OCCO2. The van der Waals surface area contributed by atoms with E-state index in [0.717, 1.165) is 28.8 Å².